The second kappa shape index (κ2) is 8.80. The van der Waals surface area contributed by atoms with Crippen molar-refractivity contribution < 1.29 is 27.8 Å². The van der Waals surface area contributed by atoms with E-state index in [9.17, 15) is 18.4 Å². The van der Waals surface area contributed by atoms with Crippen LogP contribution in [0.1, 0.15) is 10.4 Å². The lowest BCUT2D eigenvalue weighted by molar-refractivity contribution is -0.137. The van der Waals surface area contributed by atoms with Crippen LogP contribution in [0.3, 0.4) is 0 Å². The lowest BCUT2D eigenvalue weighted by atomic mass is 10.1. The van der Waals surface area contributed by atoms with Crippen LogP contribution in [0.5, 0.6) is 11.5 Å². The molecule has 1 N–H and O–H groups in total. The average Bonchev–Trinajstić information content (AvgIpc) is 3.39. The van der Waals surface area contributed by atoms with Gasteiger partial charge in [0.1, 0.15) is 5.70 Å². The van der Waals surface area contributed by atoms with Crippen molar-refractivity contribution in [2.75, 3.05) is 19.5 Å². The first-order valence-corrected chi connectivity index (χ1v) is 10.4. The van der Waals surface area contributed by atoms with Crippen molar-refractivity contribution in [3.8, 4) is 11.5 Å². The molecule has 6 nitrogen and oxygen atoms in total. The maximum Gasteiger partial charge on any atom is 0.278 e. The van der Waals surface area contributed by atoms with Gasteiger partial charge in [-0.2, -0.15) is 0 Å². The number of halogens is 2. The zero-order chi connectivity index (χ0) is 22.8. The Bertz CT molecular complexity index is 1220. The minimum absolute atomic E-state index is 0.00364. The number of nitrogens with zero attached hydrogens (tertiary/aromatic N) is 1. The number of ether oxygens (including phenoxy) is 2. The number of hydrogen-bond acceptors (Lipinski definition) is 6. The maximum atomic E-state index is 13.7. The minimum atomic E-state index is -1.06. The number of methoxy groups -OCH3 is 2. The number of thiophene rings is 1. The van der Waals surface area contributed by atoms with Gasteiger partial charge < -0.3 is 14.8 Å². The van der Waals surface area contributed by atoms with E-state index >= 15 is 0 Å². The Balaban J connectivity index is 1.68. The third kappa shape index (κ3) is 3.94. The number of amides is 2. The van der Waals surface area contributed by atoms with Gasteiger partial charge in [-0.25, -0.2) is 8.78 Å². The van der Waals surface area contributed by atoms with Crippen molar-refractivity contribution in [1.82, 2.24) is 4.90 Å². The van der Waals surface area contributed by atoms with Crippen molar-refractivity contribution in [2.45, 2.75) is 6.54 Å². The number of carbonyl (C=O) groups is 2. The van der Waals surface area contributed by atoms with Crippen LogP contribution in [0.25, 0.3) is 5.57 Å². The molecule has 1 aromatic heterocycles. The van der Waals surface area contributed by atoms with Crippen molar-refractivity contribution in [3.05, 3.63) is 81.7 Å². The smallest absolute Gasteiger partial charge is 0.278 e. The number of imide groups is 1. The van der Waals surface area contributed by atoms with Crippen LogP contribution in [0, 0.1) is 11.6 Å². The molecule has 2 aromatic carbocycles. The first-order chi connectivity index (χ1) is 15.4. The Morgan fingerprint density at radius 1 is 0.938 bits per heavy atom. The Morgan fingerprint density at radius 2 is 1.72 bits per heavy atom. The van der Waals surface area contributed by atoms with E-state index in [0.29, 0.717) is 21.9 Å². The highest BCUT2D eigenvalue weighted by atomic mass is 32.1. The highest BCUT2D eigenvalue weighted by molar-refractivity contribution is 7.11. The van der Waals surface area contributed by atoms with Gasteiger partial charge in [0.15, 0.2) is 23.1 Å². The Kier molecular flexibility index (Phi) is 5.91. The van der Waals surface area contributed by atoms with Gasteiger partial charge in [0.25, 0.3) is 11.8 Å². The SMILES string of the molecule is COc1ccc(CN2C(=O)C(Nc3ccc(F)c(F)c3)=C(c3cccs3)C2=O)cc1OC. The normalized spacial score (nSPS) is 13.7. The number of rotatable bonds is 7. The zero-order valence-corrected chi connectivity index (χ0v) is 18.0. The van der Waals surface area contributed by atoms with E-state index in [1.807, 2.05) is 0 Å². The summed E-state index contributed by atoms with van der Waals surface area (Å²) < 4.78 is 37.5. The highest BCUT2D eigenvalue weighted by Crippen LogP contribution is 2.35. The Labute approximate surface area is 186 Å². The second-order valence-electron chi connectivity index (χ2n) is 6.87. The third-order valence-corrected chi connectivity index (χ3v) is 5.80. The molecular weight excluding hydrogens is 438 g/mol. The van der Waals surface area contributed by atoms with Gasteiger partial charge in [-0.3, -0.25) is 14.5 Å². The molecule has 0 radical (unpaired) electrons. The number of benzene rings is 2. The van der Waals surface area contributed by atoms with E-state index in [1.165, 1.54) is 31.6 Å². The van der Waals surface area contributed by atoms with Crippen molar-refractivity contribution in [2.24, 2.45) is 0 Å². The summed E-state index contributed by atoms with van der Waals surface area (Å²) in [6, 6.07) is 11.8. The molecule has 0 atom stereocenters. The van der Waals surface area contributed by atoms with Crippen LogP contribution >= 0.6 is 11.3 Å². The topological polar surface area (TPSA) is 67.9 Å². The van der Waals surface area contributed by atoms with Crippen molar-refractivity contribution >= 4 is 34.4 Å². The van der Waals surface area contributed by atoms with Crippen LogP contribution in [0.4, 0.5) is 14.5 Å². The molecule has 0 bridgehead atoms. The summed E-state index contributed by atoms with van der Waals surface area (Å²) in [6.45, 7) is -0.00411. The summed E-state index contributed by atoms with van der Waals surface area (Å²) in [4.78, 5) is 28.1. The number of hydrogen-bond donors (Lipinski definition) is 1. The van der Waals surface area contributed by atoms with Gasteiger partial charge >= 0.3 is 0 Å². The van der Waals surface area contributed by atoms with E-state index in [-0.39, 0.29) is 23.5 Å². The average molecular weight is 456 g/mol. The largest absolute Gasteiger partial charge is 0.493 e. The predicted octanol–water partition coefficient (Wildman–Crippen LogP) is 4.44. The molecule has 2 amide bonds. The van der Waals surface area contributed by atoms with Gasteiger partial charge in [-0.05, 0) is 41.3 Å². The first kappa shape index (κ1) is 21.5. The summed E-state index contributed by atoms with van der Waals surface area (Å²) in [5.41, 5.74) is 0.991. The van der Waals surface area contributed by atoms with Gasteiger partial charge in [0, 0.05) is 16.6 Å². The monoisotopic (exact) mass is 456 g/mol. The van der Waals surface area contributed by atoms with E-state index in [4.69, 9.17) is 9.47 Å². The fraction of sp³-hybridized carbons (Fsp3) is 0.130. The third-order valence-electron chi connectivity index (χ3n) is 4.91. The quantitative estimate of drug-likeness (QED) is 0.533. The molecule has 3 aromatic rings. The Hall–Kier alpha value is -3.72. The standard InChI is InChI=1S/C23H18F2N2O4S/c1-30-17-8-5-13(10-18(17)31-2)12-27-22(28)20(19-4-3-9-32-19)21(23(27)29)26-14-6-7-15(24)16(25)11-14/h3-11,26H,12H2,1-2H3. The molecule has 0 spiro atoms. The van der Waals surface area contributed by atoms with Crippen molar-refractivity contribution in [1.29, 1.82) is 0 Å². The number of anilines is 1. The van der Waals surface area contributed by atoms with Gasteiger partial charge in [0.05, 0.1) is 26.3 Å². The molecule has 0 saturated carbocycles. The summed E-state index contributed by atoms with van der Waals surface area (Å²) in [6.07, 6.45) is 0. The second-order valence-corrected chi connectivity index (χ2v) is 7.81. The molecule has 164 valence electrons. The van der Waals surface area contributed by atoms with Crippen molar-refractivity contribution in [3.63, 3.8) is 0 Å². The van der Waals surface area contributed by atoms with Crippen LogP contribution in [0.2, 0.25) is 0 Å². The molecule has 0 saturated heterocycles. The van der Waals surface area contributed by atoms with E-state index < -0.39 is 23.4 Å². The van der Waals surface area contributed by atoms with E-state index in [2.05, 4.69) is 5.32 Å². The molecular formula is C23H18F2N2O4S. The molecule has 32 heavy (non-hydrogen) atoms. The summed E-state index contributed by atoms with van der Waals surface area (Å²) in [7, 11) is 3.01. The predicted molar refractivity (Wildman–Crippen MR) is 116 cm³/mol. The van der Waals surface area contributed by atoms with Crippen LogP contribution in [-0.4, -0.2) is 30.9 Å². The van der Waals surface area contributed by atoms with Crippen LogP contribution in [0.15, 0.2) is 59.6 Å². The fourth-order valence-corrected chi connectivity index (χ4v) is 4.13. The van der Waals surface area contributed by atoms with E-state index in [1.54, 1.807) is 35.7 Å². The maximum absolute atomic E-state index is 13.7. The number of nitrogens with one attached hydrogen (secondary N) is 1. The molecule has 0 unspecified atom stereocenters. The molecule has 1 aliphatic rings. The number of carbonyl (C=O) groups excluding carboxylic acids is 2. The molecule has 9 heteroatoms. The summed E-state index contributed by atoms with van der Waals surface area (Å²) in [5.74, 6) is -2.14. The molecule has 1 aliphatic heterocycles. The van der Waals surface area contributed by atoms with Gasteiger partial charge in [-0.1, -0.05) is 12.1 Å². The fourth-order valence-electron chi connectivity index (χ4n) is 3.36. The Morgan fingerprint density at radius 3 is 2.38 bits per heavy atom. The highest BCUT2D eigenvalue weighted by Gasteiger charge is 2.39. The summed E-state index contributed by atoms with van der Waals surface area (Å²) in [5, 5.41) is 4.59. The van der Waals surface area contributed by atoms with Gasteiger partial charge in [0.2, 0.25) is 0 Å². The lowest BCUT2D eigenvalue weighted by Crippen LogP contribution is -2.32. The van der Waals surface area contributed by atoms with Crippen LogP contribution < -0.4 is 14.8 Å². The zero-order valence-electron chi connectivity index (χ0n) is 17.1. The molecule has 0 aliphatic carbocycles. The lowest BCUT2D eigenvalue weighted by Gasteiger charge is -2.17. The van der Waals surface area contributed by atoms with E-state index in [0.717, 1.165) is 17.0 Å². The molecule has 0 fully saturated rings. The first-order valence-electron chi connectivity index (χ1n) is 9.50. The minimum Gasteiger partial charge on any atom is -0.493 e. The summed E-state index contributed by atoms with van der Waals surface area (Å²) >= 11 is 1.30. The molecule has 2 heterocycles. The molecule has 4 rings (SSSR count). The van der Waals surface area contributed by atoms with Gasteiger partial charge in [-0.15, -0.1) is 11.3 Å². The van der Waals surface area contributed by atoms with Crippen LogP contribution in [-0.2, 0) is 16.1 Å².